The Morgan fingerprint density at radius 3 is 2.45 bits per heavy atom. The van der Waals surface area contributed by atoms with Gasteiger partial charge in [0.25, 0.3) is 0 Å². The van der Waals surface area contributed by atoms with Crippen molar-refractivity contribution in [2.75, 3.05) is 0 Å². The summed E-state index contributed by atoms with van der Waals surface area (Å²) in [4.78, 5) is 3.32. The lowest BCUT2D eigenvalue weighted by Gasteiger charge is -2.00. The molecule has 0 spiro atoms. The number of nitrogens with one attached hydrogen (secondary N) is 1. The third-order valence-corrected chi connectivity index (χ3v) is 1.95. The Morgan fingerprint density at radius 2 is 2.00 bits per heavy atom. The topological polar surface area (TPSA) is 15.8 Å². The maximum Gasteiger partial charge on any atom is 0.0305 e. The van der Waals surface area contributed by atoms with E-state index in [0.29, 0.717) is 0 Å². The molecular formula is C9H15NS. The summed E-state index contributed by atoms with van der Waals surface area (Å²) in [6.07, 6.45) is 1.13. The van der Waals surface area contributed by atoms with Crippen molar-refractivity contribution in [1.82, 2.24) is 4.98 Å². The molecular weight excluding hydrogens is 154 g/mol. The maximum absolute atomic E-state index is 4.18. The van der Waals surface area contributed by atoms with Crippen LogP contribution in [0.4, 0.5) is 0 Å². The van der Waals surface area contributed by atoms with Crippen LogP contribution in [0.15, 0.2) is 12.1 Å². The molecule has 0 aliphatic rings. The van der Waals surface area contributed by atoms with Crippen LogP contribution in [0, 0.1) is 5.92 Å². The van der Waals surface area contributed by atoms with Gasteiger partial charge in [-0.1, -0.05) is 13.8 Å². The van der Waals surface area contributed by atoms with Gasteiger partial charge in [0.1, 0.15) is 0 Å². The van der Waals surface area contributed by atoms with Crippen molar-refractivity contribution in [3.05, 3.63) is 23.5 Å². The van der Waals surface area contributed by atoms with E-state index in [2.05, 4.69) is 43.6 Å². The second-order valence-corrected chi connectivity index (χ2v) is 3.58. The van der Waals surface area contributed by atoms with Crippen LogP contribution < -0.4 is 0 Å². The van der Waals surface area contributed by atoms with E-state index in [4.69, 9.17) is 0 Å². The first-order valence-corrected chi connectivity index (χ1v) is 4.63. The first-order chi connectivity index (χ1) is 5.22. The van der Waals surface area contributed by atoms with Crippen molar-refractivity contribution < 1.29 is 0 Å². The van der Waals surface area contributed by atoms with E-state index in [9.17, 15) is 0 Å². The van der Waals surface area contributed by atoms with E-state index in [1.807, 2.05) is 0 Å². The molecule has 0 saturated heterocycles. The van der Waals surface area contributed by atoms with Crippen LogP contribution in [0.3, 0.4) is 0 Å². The molecule has 0 radical (unpaired) electrons. The number of hydrogen-bond donors (Lipinski definition) is 2. The van der Waals surface area contributed by atoms with Gasteiger partial charge in [-0.25, -0.2) is 0 Å². The van der Waals surface area contributed by atoms with Crippen LogP contribution in [0.2, 0.25) is 0 Å². The van der Waals surface area contributed by atoms with E-state index >= 15 is 0 Å². The predicted octanol–water partition coefficient (Wildman–Crippen LogP) is 2.64. The van der Waals surface area contributed by atoms with Crippen molar-refractivity contribution in [3.8, 4) is 0 Å². The summed E-state index contributed by atoms with van der Waals surface area (Å²) in [5, 5.41) is 0. The molecule has 0 saturated carbocycles. The maximum atomic E-state index is 4.18. The molecule has 62 valence electrons. The average Bonchev–Trinajstić information content (AvgIpc) is 2.34. The van der Waals surface area contributed by atoms with Gasteiger partial charge in [0.2, 0.25) is 0 Å². The number of aromatic amines is 1. The van der Waals surface area contributed by atoms with Gasteiger partial charge in [0.15, 0.2) is 0 Å². The Balaban J connectivity index is 2.58. The lowest BCUT2D eigenvalue weighted by atomic mass is 10.1. The van der Waals surface area contributed by atoms with E-state index in [-0.39, 0.29) is 0 Å². The Morgan fingerprint density at radius 1 is 1.36 bits per heavy atom. The molecule has 11 heavy (non-hydrogen) atoms. The summed E-state index contributed by atoms with van der Waals surface area (Å²) in [5.41, 5.74) is 2.54. The number of thiol groups is 1. The Kier molecular flexibility index (Phi) is 3.06. The lowest BCUT2D eigenvalue weighted by Crippen LogP contribution is -1.93. The summed E-state index contributed by atoms with van der Waals surface area (Å²) < 4.78 is 0. The molecule has 2 heteroatoms. The fourth-order valence-corrected chi connectivity index (χ4v) is 1.33. The highest BCUT2D eigenvalue weighted by Gasteiger charge is 1.99. The number of H-pyrrole nitrogens is 1. The SMILES string of the molecule is CC(C)Cc1ccc(CS)[nH]1. The summed E-state index contributed by atoms with van der Waals surface area (Å²) in [7, 11) is 0. The van der Waals surface area contributed by atoms with Gasteiger partial charge in [-0.15, -0.1) is 0 Å². The minimum absolute atomic E-state index is 0.724. The van der Waals surface area contributed by atoms with Crippen molar-refractivity contribution in [2.24, 2.45) is 5.92 Å². The fourth-order valence-electron chi connectivity index (χ4n) is 1.14. The summed E-state index contributed by atoms with van der Waals surface area (Å²) in [6.45, 7) is 4.45. The average molecular weight is 169 g/mol. The van der Waals surface area contributed by atoms with Gasteiger partial charge in [-0.05, 0) is 24.5 Å². The zero-order chi connectivity index (χ0) is 8.27. The lowest BCUT2D eigenvalue weighted by molar-refractivity contribution is 0.637. The molecule has 1 aromatic heterocycles. The number of hydrogen-bond acceptors (Lipinski definition) is 1. The molecule has 0 unspecified atom stereocenters. The van der Waals surface area contributed by atoms with E-state index < -0.39 is 0 Å². The highest BCUT2D eigenvalue weighted by molar-refractivity contribution is 7.79. The van der Waals surface area contributed by atoms with Crippen molar-refractivity contribution in [2.45, 2.75) is 26.0 Å². The number of aromatic nitrogens is 1. The quantitative estimate of drug-likeness (QED) is 0.647. The minimum atomic E-state index is 0.724. The van der Waals surface area contributed by atoms with Crippen LogP contribution in [-0.2, 0) is 12.2 Å². The zero-order valence-electron chi connectivity index (χ0n) is 7.09. The standard InChI is InChI=1S/C9H15NS/c1-7(2)5-8-3-4-9(6-11)10-8/h3-4,7,10-11H,5-6H2,1-2H3. The monoisotopic (exact) mass is 169 g/mol. The second kappa shape index (κ2) is 3.86. The molecule has 0 aromatic carbocycles. The second-order valence-electron chi connectivity index (χ2n) is 3.26. The van der Waals surface area contributed by atoms with Gasteiger partial charge in [-0.2, -0.15) is 12.6 Å². The molecule has 0 fully saturated rings. The van der Waals surface area contributed by atoms with E-state index in [0.717, 1.165) is 18.1 Å². The van der Waals surface area contributed by atoms with Crippen LogP contribution in [-0.4, -0.2) is 4.98 Å². The van der Waals surface area contributed by atoms with E-state index in [1.165, 1.54) is 11.4 Å². The number of rotatable bonds is 3. The first kappa shape index (κ1) is 8.72. The van der Waals surface area contributed by atoms with Gasteiger partial charge < -0.3 is 4.98 Å². The van der Waals surface area contributed by atoms with Gasteiger partial charge in [0.05, 0.1) is 0 Å². The molecule has 1 N–H and O–H groups in total. The van der Waals surface area contributed by atoms with Crippen molar-refractivity contribution in [3.63, 3.8) is 0 Å². The predicted molar refractivity (Wildman–Crippen MR) is 52.0 cm³/mol. The molecule has 0 aliphatic carbocycles. The van der Waals surface area contributed by atoms with Gasteiger partial charge >= 0.3 is 0 Å². The molecule has 0 atom stereocenters. The molecule has 1 rings (SSSR count). The molecule has 1 aromatic rings. The Labute approximate surface area is 73.6 Å². The Bertz CT molecular complexity index is 215. The highest BCUT2D eigenvalue weighted by atomic mass is 32.1. The normalized spacial score (nSPS) is 10.9. The molecule has 0 bridgehead atoms. The van der Waals surface area contributed by atoms with Crippen molar-refractivity contribution >= 4 is 12.6 Å². The molecule has 0 aliphatic heterocycles. The van der Waals surface area contributed by atoms with Gasteiger partial charge in [0, 0.05) is 17.1 Å². The summed E-state index contributed by atoms with van der Waals surface area (Å²) >= 11 is 4.18. The van der Waals surface area contributed by atoms with Gasteiger partial charge in [-0.3, -0.25) is 0 Å². The van der Waals surface area contributed by atoms with Crippen molar-refractivity contribution in [1.29, 1.82) is 0 Å². The largest absolute Gasteiger partial charge is 0.362 e. The van der Waals surface area contributed by atoms with E-state index in [1.54, 1.807) is 0 Å². The highest BCUT2D eigenvalue weighted by Crippen LogP contribution is 2.09. The third kappa shape index (κ3) is 2.62. The smallest absolute Gasteiger partial charge is 0.0305 e. The van der Waals surface area contributed by atoms with Crippen LogP contribution in [0.25, 0.3) is 0 Å². The fraction of sp³-hybridized carbons (Fsp3) is 0.556. The minimum Gasteiger partial charge on any atom is -0.362 e. The van der Waals surface area contributed by atoms with Crippen LogP contribution in [0.5, 0.6) is 0 Å². The molecule has 1 heterocycles. The third-order valence-electron chi connectivity index (χ3n) is 1.61. The molecule has 1 nitrogen and oxygen atoms in total. The summed E-state index contributed by atoms with van der Waals surface area (Å²) in [5.74, 6) is 1.53. The molecule has 0 amide bonds. The summed E-state index contributed by atoms with van der Waals surface area (Å²) in [6, 6.07) is 4.25. The van der Waals surface area contributed by atoms with Crippen LogP contribution >= 0.6 is 12.6 Å². The first-order valence-electron chi connectivity index (χ1n) is 4.00. The Hall–Kier alpha value is -0.370. The zero-order valence-corrected chi connectivity index (χ0v) is 7.99. The van der Waals surface area contributed by atoms with Crippen LogP contribution in [0.1, 0.15) is 25.2 Å².